The number of pyridine rings is 1. The van der Waals surface area contributed by atoms with Gasteiger partial charge in [0.15, 0.2) is 0 Å². The lowest BCUT2D eigenvalue weighted by Crippen LogP contribution is -2.37. The standard InChI is InChI=1S/C17H25ClN2/c18-17-12-14(10-11-19-17)20-16-9-5-4-8-15(16)13-6-2-1-3-7-13/h10-13,15-16H,1-9H2,(H,19,20). The number of aromatic nitrogens is 1. The molecular weight excluding hydrogens is 268 g/mol. The Balaban J connectivity index is 1.68. The molecule has 2 aliphatic carbocycles. The maximum absolute atomic E-state index is 6.00. The minimum absolute atomic E-state index is 0.583. The molecule has 3 heteroatoms. The molecule has 0 saturated heterocycles. The predicted molar refractivity (Wildman–Crippen MR) is 85.2 cm³/mol. The summed E-state index contributed by atoms with van der Waals surface area (Å²) < 4.78 is 0. The summed E-state index contributed by atoms with van der Waals surface area (Å²) in [5, 5.41) is 4.33. The number of hydrogen-bond acceptors (Lipinski definition) is 2. The predicted octanol–water partition coefficient (Wildman–Crippen LogP) is 5.29. The lowest BCUT2D eigenvalue weighted by molar-refractivity contribution is 0.180. The highest BCUT2D eigenvalue weighted by Gasteiger charge is 2.32. The van der Waals surface area contributed by atoms with Gasteiger partial charge in [-0.05, 0) is 36.8 Å². The summed E-state index contributed by atoms with van der Waals surface area (Å²) in [5.74, 6) is 1.80. The number of hydrogen-bond donors (Lipinski definition) is 1. The molecule has 0 amide bonds. The van der Waals surface area contributed by atoms with Crippen LogP contribution in [0.15, 0.2) is 18.3 Å². The Bertz CT molecular complexity index is 429. The van der Waals surface area contributed by atoms with Gasteiger partial charge in [0.25, 0.3) is 0 Å². The van der Waals surface area contributed by atoms with Crippen molar-refractivity contribution in [3.63, 3.8) is 0 Å². The third kappa shape index (κ3) is 3.46. The second kappa shape index (κ2) is 6.80. The fourth-order valence-electron chi connectivity index (χ4n) is 4.17. The van der Waals surface area contributed by atoms with Crippen molar-refractivity contribution >= 4 is 17.3 Å². The number of rotatable bonds is 3. The normalized spacial score (nSPS) is 28.2. The van der Waals surface area contributed by atoms with Crippen LogP contribution < -0.4 is 5.32 Å². The summed E-state index contributed by atoms with van der Waals surface area (Å²) in [6, 6.07) is 4.62. The number of nitrogens with one attached hydrogen (secondary N) is 1. The topological polar surface area (TPSA) is 24.9 Å². The molecule has 0 aliphatic heterocycles. The SMILES string of the molecule is Clc1cc(NC2CCCCC2C2CCCCC2)ccn1. The fraction of sp³-hybridized carbons (Fsp3) is 0.706. The van der Waals surface area contributed by atoms with Crippen molar-refractivity contribution < 1.29 is 0 Å². The first kappa shape index (κ1) is 14.2. The summed E-state index contributed by atoms with van der Waals surface area (Å²) in [5.41, 5.74) is 1.14. The number of halogens is 1. The molecule has 1 heterocycles. The summed E-state index contributed by atoms with van der Waals surface area (Å²) in [6.45, 7) is 0. The summed E-state index contributed by atoms with van der Waals surface area (Å²) >= 11 is 6.00. The van der Waals surface area contributed by atoms with E-state index in [1.165, 1.54) is 57.8 Å². The largest absolute Gasteiger partial charge is 0.382 e. The van der Waals surface area contributed by atoms with E-state index in [1.807, 2.05) is 12.1 Å². The van der Waals surface area contributed by atoms with Gasteiger partial charge in [-0.15, -0.1) is 0 Å². The summed E-state index contributed by atoms with van der Waals surface area (Å²) in [7, 11) is 0. The number of anilines is 1. The molecule has 110 valence electrons. The first-order valence-corrected chi connectivity index (χ1v) is 8.59. The van der Waals surface area contributed by atoms with Crippen molar-refractivity contribution in [2.24, 2.45) is 11.8 Å². The molecule has 0 spiro atoms. The molecule has 2 unspecified atom stereocenters. The van der Waals surface area contributed by atoms with Crippen LogP contribution in [0.3, 0.4) is 0 Å². The monoisotopic (exact) mass is 292 g/mol. The Morgan fingerprint density at radius 3 is 2.55 bits per heavy atom. The van der Waals surface area contributed by atoms with Crippen LogP contribution in [-0.4, -0.2) is 11.0 Å². The Morgan fingerprint density at radius 1 is 1.00 bits per heavy atom. The highest BCUT2D eigenvalue weighted by atomic mass is 35.5. The van der Waals surface area contributed by atoms with E-state index < -0.39 is 0 Å². The maximum Gasteiger partial charge on any atom is 0.131 e. The van der Waals surface area contributed by atoms with E-state index in [9.17, 15) is 0 Å². The lowest BCUT2D eigenvalue weighted by Gasteiger charge is -2.39. The highest BCUT2D eigenvalue weighted by molar-refractivity contribution is 6.29. The minimum atomic E-state index is 0.583. The second-order valence-electron chi connectivity index (χ2n) is 6.46. The first-order valence-electron chi connectivity index (χ1n) is 8.21. The quantitative estimate of drug-likeness (QED) is 0.766. The van der Waals surface area contributed by atoms with Crippen molar-refractivity contribution in [2.75, 3.05) is 5.32 Å². The zero-order chi connectivity index (χ0) is 13.8. The van der Waals surface area contributed by atoms with Gasteiger partial charge in [0.2, 0.25) is 0 Å². The molecule has 2 fully saturated rings. The molecule has 3 rings (SSSR count). The van der Waals surface area contributed by atoms with Gasteiger partial charge in [-0.2, -0.15) is 0 Å². The van der Waals surface area contributed by atoms with E-state index in [2.05, 4.69) is 10.3 Å². The zero-order valence-corrected chi connectivity index (χ0v) is 12.9. The molecular formula is C17H25ClN2. The Labute approximate surface area is 127 Å². The zero-order valence-electron chi connectivity index (χ0n) is 12.2. The van der Waals surface area contributed by atoms with Crippen molar-refractivity contribution in [3.05, 3.63) is 23.5 Å². The van der Waals surface area contributed by atoms with E-state index in [0.29, 0.717) is 11.2 Å². The van der Waals surface area contributed by atoms with Crippen LogP contribution >= 0.6 is 11.6 Å². The molecule has 0 aromatic carbocycles. The molecule has 1 N–H and O–H groups in total. The van der Waals surface area contributed by atoms with Crippen LogP contribution in [0.5, 0.6) is 0 Å². The van der Waals surface area contributed by atoms with Crippen LogP contribution in [0.25, 0.3) is 0 Å². The molecule has 0 bridgehead atoms. The molecule has 2 aliphatic rings. The third-order valence-corrected chi connectivity index (χ3v) is 5.36. The van der Waals surface area contributed by atoms with Crippen LogP contribution in [-0.2, 0) is 0 Å². The molecule has 20 heavy (non-hydrogen) atoms. The summed E-state index contributed by atoms with van der Waals surface area (Å²) in [6.07, 6.45) is 14.5. The van der Waals surface area contributed by atoms with Crippen LogP contribution in [0.4, 0.5) is 5.69 Å². The second-order valence-corrected chi connectivity index (χ2v) is 6.85. The van der Waals surface area contributed by atoms with Gasteiger partial charge < -0.3 is 5.32 Å². The van der Waals surface area contributed by atoms with Crippen LogP contribution in [0, 0.1) is 11.8 Å². The van der Waals surface area contributed by atoms with Gasteiger partial charge in [0.05, 0.1) is 0 Å². The Morgan fingerprint density at radius 2 is 1.75 bits per heavy atom. The molecule has 2 atom stereocenters. The van der Waals surface area contributed by atoms with Gasteiger partial charge in [0.1, 0.15) is 5.15 Å². The van der Waals surface area contributed by atoms with Gasteiger partial charge in [-0.1, -0.05) is 56.5 Å². The van der Waals surface area contributed by atoms with Crippen molar-refractivity contribution in [1.29, 1.82) is 0 Å². The summed E-state index contributed by atoms with van der Waals surface area (Å²) in [4.78, 5) is 4.07. The average Bonchev–Trinajstić information content (AvgIpc) is 2.49. The maximum atomic E-state index is 6.00. The molecule has 2 nitrogen and oxygen atoms in total. The lowest BCUT2D eigenvalue weighted by atomic mass is 9.71. The van der Waals surface area contributed by atoms with Crippen molar-refractivity contribution in [3.8, 4) is 0 Å². The Kier molecular flexibility index (Phi) is 4.82. The van der Waals surface area contributed by atoms with Crippen molar-refractivity contribution in [2.45, 2.75) is 63.8 Å². The van der Waals surface area contributed by atoms with Gasteiger partial charge in [0, 0.05) is 17.9 Å². The minimum Gasteiger partial charge on any atom is -0.382 e. The van der Waals surface area contributed by atoms with E-state index in [0.717, 1.165) is 17.5 Å². The fourth-order valence-corrected chi connectivity index (χ4v) is 4.35. The van der Waals surface area contributed by atoms with E-state index in [-0.39, 0.29) is 0 Å². The van der Waals surface area contributed by atoms with Gasteiger partial charge in [-0.3, -0.25) is 0 Å². The van der Waals surface area contributed by atoms with E-state index in [4.69, 9.17) is 11.6 Å². The van der Waals surface area contributed by atoms with Crippen molar-refractivity contribution in [1.82, 2.24) is 4.98 Å². The van der Waals surface area contributed by atoms with E-state index in [1.54, 1.807) is 6.20 Å². The molecule has 2 saturated carbocycles. The highest BCUT2D eigenvalue weighted by Crippen LogP contribution is 2.39. The van der Waals surface area contributed by atoms with Gasteiger partial charge in [-0.25, -0.2) is 4.98 Å². The molecule has 0 radical (unpaired) electrons. The third-order valence-electron chi connectivity index (χ3n) is 5.15. The van der Waals surface area contributed by atoms with Gasteiger partial charge >= 0.3 is 0 Å². The smallest absolute Gasteiger partial charge is 0.131 e. The average molecular weight is 293 g/mol. The first-order chi connectivity index (χ1) is 9.83. The Hall–Kier alpha value is -0.760. The van der Waals surface area contributed by atoms with Crippen LogP contribution in [0.2, 0.25) is 5.15 Å². The molecule has 1 aromatic heterocycles. The number of nitrogens with zero attached hydrogens (tertiary/aromatic N) is 1. The molecule has 1 aromatic rings. The van der Waals surface area contributed by atoms with Crippen LogP contribution in [0.1, 0.15) is 57.8 Å². The van der Waals surface area contributed by atoms with E-state index >= 15 is 0 Å².